The lowest BCUT2D eigenvalue weighted by atomic mass is 9.98. The van der Waals surface area contributed by atoms with Gasteiger partial charge < -0.3 is 9.64 Å². The molecule has 0 N–H and O–H groups in total. The summed E-state index contributed by atoms with van der Waals surface area (Å²) in [6.07, 6.45) is 2.53. The van der Waals surface area contributed by atoms with E-state index < -0.39 is 0 Å². The first-order valence-electron chi connectivity index (χ1n) is 7.68. The van der Waals surface area contributed by atoms with Crippen molar-refractivity contribution in [3.05, 3.63) is 66.2 Å². The van der Waals surface area contributed by atoms with E-state index in [1.807, 2.05) is 55.5 Å². The summed E-state index contributed by atoms with van der Waals surface area (Å²) in [4.78, 5) is 14.3. The summed E-state index contributed by atoms with van der Waals surface area (Å²) in [5.41, 5.74) is 3.08. The van der Waals surface area contributed by atoms with Crippen LogP contribution in [-0.4, -0.2) is 20.1 Å². The Balaban J connectivity index is 2.06. The van der Waals surface area contributed by atoms with Gasteiger partial charge in [0.05, 0.1) is 7.11 Å². The number of anilines is 1. The van der Waals surface area contributed by atoms with Crippen LogP contribution in [-0.2, 0) is 11.2 Å². The Morgan fingerprint density at radius 1 is 1.26 bits per heavy atom. The molecule has 0 aliphatic rings. The molecule has 0 spiro atoms. The first kappa shape index (κ1) is 16.8. The Morgan fingerprint density at radius 3 is 2.57 bits per heavy atom. The van der Waals surface area contributed by atoms with Crippen LogP contribution in [0.4, 0.5) is 5.69 Å². The third-order valence-corrected chi connectivity index (χ3v) is 3.94. The van der Waals surface area contributed by atoms with E-state index in [2.05, 4.69) is 12.6 Å². The lowest BCUT2D eigenvalue weighted by molar-refractivity contribution is -0.121. The van der Waals surface area contributed by atoms with Crippen LogP contribution in [0.15, 0.2) is 55.1 Å². The second-order valence-electron chi connectivity index (χ2n) is 5.65. The van der Waals surface area contributed by atoms with Crippen LogP contribution < -0.4 is 9.64 Å². The lowest BCUT2D eigenvalue weighted by Gasteiger charge is -2.22. The Bertz CT molecular complexity index is 676. The SMILES string of the molecule is C=Cc1cccc(C[C@H](C)C(=O)N(C)c2ccc(OC)cc2)c1. The number of rotatable bonds is 6. The largest absolute Gasteiger partial charge is 0.497 e. The van der Waals surface area contributed by atoms with E-state index in [0.717, 1.165) is 22.6 Å². The van der Waals surface area contributed by atoms with E-state index in [1.54, 1.807) is 19.1 Å². The quantitative estimate of drug-likeness (QED) is 0.801. The molecule has 1 amide bonds. The van der Waals surface area contributed by atoms with Crippen LogP contribution in [0.5, 0.6) is 5.75 Å². The summed E-state index contributed by atoms with van der Waals surface area (Å²) in [5, 5.41) is 0. The van der Waals surface area contributed by atoms with Crippen molar-refractivity contribution >= 4 is 17.7 Å². The Labute approximate surface area is 138 Å². The first-order chi connectivity index (χ1) is 11.0. The zero-order chi connectivity index (χ0) is 16.8. The van der Waals surface area contributed by atoms with Gasteiger partial charge in [0.25, 0.3) is 0 Å². The van der Waals surface area contributed by atoms with Gasteiger partial charge in [0, 0.05) is 18.7 Å². The van der Waals surface area contributed by atoms with E-state index >= 15 is 0 Å². The molecule has 0 aliphatic heterocycles. The van der Waals surface area contributed by atoms with E-state index in [4.69, 9.17) is 4.74 Å². The lowest BCUT2D eigenvalue weighted by Crippen LogP contribution is -2.32. The number of methoxy groups -OCH3 is 1. The number of ether oxygens (including phenoxy) is 1. The van der Waals surface area contributed by atoms with Crippen molar-refractivity contribution in [2.45, 2.75) is 13.3 Å². The fourth-order valence-corrected chi connectivity index (χ4v) is 2.55. The molecule has 0 aromatic heterocycles. The molecule has 0 bridgehead atoms. The summed E-state index contributed by atoms with van der Waals surface area (Å²) in [5.74, 6) is 0.783. The van der Waals surface area contributed by atoms with E-state index in [1.165, 1.54) is 0 Å². The first-order valence-corrected chi connectivity index (χ1v) is 7.68. The molecule has 0 unspecified atom stereocenters. The molecule has 0 aliphatic carbocycles. The number of carbonyl (C=O) groups excluding carboxylic acids is 1. The van der Waals surface area contributed by atoms with Crippen LogP contribution in [0.25, 0.3) is 6.08 Å². The summed E-state index contributed by atoms with van der Waals surface area (Å²) in [6, 6.07) is 15.6. The number of carbonyl (C=O) groups is 1. The monoisotopic (exact) mass is 309 g/mol. The molecule has 3 nitrogen and oxygen atoms in total. The zero-order valence-electron chi connectivity index (χ0n) is 14.0. The van der Waals surface area contributed by atoms with Gasteiger partial charge in [-0.3, -0.25) is 4.79 Å². The van der Waals surface area contributed by atoms with Gasteiger partial charge in [-0.25, -0.2) is 0 Å². The van der Waals surface area contributed by atoms with E-state index in [-0.39, 0.29) is 11.8 Å². The van der Waals surface area contributed by atoms with Crippen molar-refractivity contribution in [3.8, 4) is 5.75 Å². The van der Waals surface area contributed by atoms with Gasteiger partial charge in [-0.05, 0) is 41.8 Å². The highest BCUT2D eigenvalue weighted by molar-refractivity contribution is 5.94. The number of nitrogens with zero attached hydrogens (tertiary/aromatic N) is 1. The average molecular weight is 309 g/mol. The van der Waals surface area contributed by atoms with Crippen LogP contribution in [0.2, 0.25) is 0 Å². The predicted molar refractivity (Wildman–Crippen MR) is 95.8 cm³/mol. The van der Waals surface area contributed by atoms with Crippen LogP contribution in [0.3, 0.4) is 0 Å². The highest BCUT2D eigenvalue weighted by Gasteiger charge is 2.19. The standard InChI is InChI=1S/C20H23NO2/c1-5-16-7-6-8-17(14-16)13-15(2)20(22)21(3)18-9-11-19(23-4)12-10-18/h5-12,14-15H,1,13H2,2-4H3/t15-/m0/s1. The van der Waals surface area contributed by atoms with Gasteiger partial charge in [-0.1, -0.05) is 43.8 Å². The average Bonchev–Trinajstić information content (AvgIpc) is 2.60. The summed E-state index contributed by atoms with van der Waals surface area (Å²) < 4.78 is 5.15. The van der Waals surface area contributed by atoms with Crippen molar-refractivity contribution in [1.29, 1.82) is 0 Å². The molecule has 1 atom stereocenters. The maximum Gasteiger partial charge on any atom is 0.229 e. The minimum atomic E-state index is -0.0952. The third kappa shape index (κ3) is 4.22. The molecule has 2 rings (SSSR count). The van der Waals surface area contributed by atoms with Gasteiger partial charge in [0.1, 0.15) is 5.75 Å². The molecule has 0 heterocycles. The molecule has 0 fully saturated rings. The zero-order valence-corrected chi connectivity index (χ0v) is 14.0. The number of hydrogen-bond acceptors (Lipinski definition) is 2. The maximum absolute atomic E-state index is 12.6. The molecular weight excluding hydrogens is 286 g/mol. The van der Waals surface area contributed by atoms with Crippen molar-refractivity contribution in [2.75, 3.05) is 19.1 Å². The van der Waals surface area contributed by atoms with Crippen LogP contribution >= 0.6 is 0 Å². The van der Waals surface area contributed by atoms with Gasteiger partial charge in [0.15, 0.2) is 0 Å². The van der Waals surface area contributed by atoms with E-state index in [9.17, 15) is 4.79 Å². The van der Waals surface area contributed by atoms with Crippen molar-refractivity contribution in [1.82, 2.24) is 0 Å². The Hall–Kier alpha value is -2.55. The Kier molecular flexibility index (Phi) is 5.58. The summed E-state index contributed by atoms with van der Waals surface area (Å²) in [7, 11) is 3.43. The highest BCUT2D eigenvalue weighted by atomic mass is 16.5. The fraction of sp³-hybridized carbons (Fsp3) is 0.250. The molecule has 3 heteroatoms. The predicted octanol–water partition coefficient (Wildman–Crippen LogP) is 4.18. The van der Waals surface area contributed by atoms with E-state index in [0.29, 0.717) is 6.42 Å². The molecule has 0 saturated carbocycles. The molecule has 23 heavy (non-hydrogen) atoms. The van der Waals surface area contributed by atoms with Crippen LogP contribution in [0.1, 0.15) is 18.1 Å². The second kappa shape index (κ2) is 7.63. The molecule has 0 saturated heterocycles. The topological polar surface area (TPSA) is 29.5 Å². The summed E-state index contributed by atoms with van der Waals surface area (Å²) >= 11 is 0. The Morgan fingerprint density at radius 2 is 1.96 bits per heavy atom. The van der Waals surface area contributed by atoms with Gasteiger partial charge in [0.2, 0.25) is 5.91 Å². The van der Waals surface area contributed by atoms with Gasteiger partial charge in [-0.2, -0.15) is 0 Å². The van der Waals surface area contributed by atoms with Crippen LogP contribution in [0, 0.1) is 5.92 Å². The molecule has 120 valence electrons. The van der Waals surface area contributed by atoms with Crippen molar-refractivity contribution in [3.63, 3.8) is 0 Å². The molecule has 2 aromatic rings. The fourth-order valence-electron chi connectivity index (χ4n) is 2.55. The second-order valence-corrected chi connectivity index (χ2v) is 5.65. The van der Waals surface area contributed by atoms with Crippen molar-refractivity contribution < 1.29 is 9.53 Å². The van der Waals surface area contributed by atoms with Gasteiger partial charge >= 0.3 is 0 Å². The molecular formula is C20H23NO2. The summed E-state index contributed by atoms with van der Waals surface area (Å²) in [6.45, 7) is 5.74. The highest BCUT2D eigenvalue weighted by Crippen LogP contribution is 2.21. The smallest absolute Gasteiger partial charge is 0.229 e. The number of amides is 1. The molecule has 2 aromatic carbocycles. The van der Waals surface area contributed by atoms with Crippen molar-refractivity contribution in [2.24, 2.45) is 5.92 Å². The normalized spacial score (nSPS) is 11.6. The number of benzene rings is 2. The minimum Gasteiger partial charge on any atom is -0.497 e. The van der Waals surface area contributed by atoms with Gasteiger partial charge in [-0.15, -0.1) is 0 Å². The minimum absolute atomic E-state index is 0.0952. The third-order valence-electron chi connectivity index (χ3n) is 3.94. The molecule has 0 radical (unpaired) electrons. The maximum atomic E-state index is 12.6. The number of hydrogen-bond donors (Lipinski definition) is 0.